The van der Waals surface area contributed by atoms with Crippen molar-refractivity contribution >= 4 is 94.1 Å². The summed E-state index contributed by atoms with van der Waals surface area (Å²) in [6, 6.07) is 6.10. The molecule has 0 saturated carbocycles. The molecule has 12 heteroatoms. The van der Waals surface area contributed by atoms with Crippen LogP contribution in [0.25, 0.3) is 0 Å². The largest absolute Gasteiger partial charge is 0.507 e. The molecule has 4 aliphatic heterocycles. The van der Waals surface area contributed by atoms with Gasteiger partial charge in [-0.1, -0.05) is 94.1 Å². The number of phenolic OH excluding ortho intramolecular Hbond substituents is 4. The maximum absolute atomic E-state index is 10.2. The number of aromatic hydroxyl groups is 4. The molecule has 4 aliphatic rings. The predicted molar refractivity (Wildman–Crippen MR) is 134 cm³/mol. The maximum Gasteiger partial charge on any atom is 0.130 e. The van der Waals surface area contributed by atoms with Crippen molar-refractivity contribution in [3.8, 4) is 23.0 Å². The molecule has 0 radical (unpaired) electrons. The molecule has 4 N–H and O–H groups in total. The van der Waals surface area contributed by atoms with Gasteiger partial charge in [-0.3, -0.25) is 0 Å². The van der Waals surface area contributed by atoms with Gasteiger partial charge in [0.15, 0.2) is 0 Å². The minimum absolute atomic E-state index is 0.186. The summed E-state index contributed by atoms with van der Waals surface area (Å²) >= 11 is 12.8. The molecule has 0 bridgehead atoms. The average molecular weight is 545 g/mol. The number of hydrogen-bond donors (Lipinski definition) is 4. The summed E-state index contributed by atoms with van der Waals surface area (Å²) < 4.78 is 6.82. The Kier molecular flexibility index (Phi) is 5.15. The van der Waals surface area contributed by atoms with E-state index in [9.17, 15) is 20.4 Å². The van der Waals surface area contributed by atoms with Crippen LogP contribution < -0.4 is 0 Å². The van der Waals surface area contributed by atoms with Gasteiger partial charge in [0.25, 0.3) is 0 Å². The van der Waals surface area contributed by atoms with Gasteiger partial charge in [-0.05, 0) is 24.3 Å². The second-order valence-corrected chi connectivity index (χ2v) is 15.8. The van der Waals surface area contributed by atoms with E-state index in [2.05, 4.69) is 0 Å². The van der Waals surface area contributed by atoms with Gasteiger partial charge in [0, 0.05) is 0 Å². The summed E-state index contributed by atoms with van der Waals surface area (Å²) in [4.78, 5) is 2.81. The van der Waals surface area contributed by atoms with Crippen LogP contribution in [0.1, 0.15) is 0 Å². The van der Waals surface area contributed by atoms with Crippen molar-refractivity contribution in [3.05, 3.63) is 49.7 Å². The van der Waals surface area contributed by atoms with Crippen molar-refractivity contribution in [2.24, 2.45) is 0 Å². The molecule has 0 atom stereocenters. The SMILES string of the molecule is Oc1ccc(O)c2c1SC1=C(SC(=C3SC4=C(S3)Sc3c(O)ccc(O)c3S4)S1)S2. The van der Waals surface area contributed by atoms with E-state index in [1.54, 1.807) is 47.0 Å². The van der Waals surface area contributed by atoms with E-state index in [4.69, 9.17) is 0 Å². The van der Waals surface area contributed by atoms with Gasteiger partial charge in [-0.25, -0.2) is 0 Å². The Labute approximate surface area is 205 Å². The van der Waals surface area contributed by atoms with Crippen LogP contribution in [0.2, 0.25) is 0 Å². The number of hydrogen-bond acceptors (Lipinski definition) is 12. The lowest BCUT2D eigenvalue weighted by Crippen LogP contribution is -1.87. The van der Waals surface area contributed by atoms with Crippen LogP contribution >= 0.6 is 94.1 Å². The summed E-state index contributed by atoms with van der Waals surface area (Å²) in [7, 11) is 0. The summed E-state index contributed by atoms with van der Waals surface area (Å²) in [6.45, 7) is 0. The fraction of sp³-hybridized carbons (Fsp3) is 0. The Bertz CT molecular complexity index is 1060. The van der Waals surface area contributed by atoms with Gasteiger partial charge < -0.3 is 20.4 Å². The standard InChI is InChI=1S/C18H8O4S8/c19-5-1-2-6(20)10-9(5)23-13-14(24-10)28-17(27-13)18-29-15-16(30-18)26-12-8(22)4-3-7(21)11(12)25-15/h1-4,19-22H. The van der Waals surface area contributed by atoms with E-state index in [0.717, 1.165) is 16.9 Å². The molecule has 0 amide bonds. The molecule has 4 nitrogen and oxygen atoms in total. The van der Waals surface area contributed by atoms with E-state index >= 15 is 0 Å². The highest BCUT2D eigenvalue weighted by Crippen LogP contribution is 2.72. The fourth-order valence-electron chi connectivity index (χ4n) is 2.81. The maximum atomic E-state index is 10.2. The molecule has 0 unspecified atom stereocenters. The van der Waals surface area contributed by atoms with Gasteiger partial charge in [0.1, 0.15) is 23.0 Å². The van der Waals surface area contributed by atoms with E-state index in [1.165, 1.54) is 79.8 Å². The molecule has 2 aromatic rings. The number of benzene rings is 2. The van der Waals surface area contributed by atoms with Crippen LogP contribution in [-0.2, 0) is 0 Å². The molecule has 4 heterocycles. The smallest absolute Gasteiger partial charge is 0.130 e. The zero-order chi connectivity index (χ0) is 20.6. The third kappa shape index (κ3) is 3.26. The van der Waals surface area contributed by atoms with Crippen molar-refractivity contribution in [2.45, 2.75) is 19.6 Å². The first-order valence-electron chi connectivity index (χ1n) is 8.23. The number of phenols is 4. The van der Waals surface area contributed by atoms with E-state index < -0.39 is 0 Å². The molecule has 6 rings (SSSR count). The minimum Gasteiger partial charge on any atom is -0.507 e. The van der Waals surface area contributed by atoms with Crippen molar-refractivity contribution in [2.75, 3.05) is 0 Å². The Hall–Kier alpha value is -0.340. The van der Waals surface area contributed by atoms with Crippen molar-refractivity contribution in [3.63, 3.8) is 0 Å². The van der Waals surface area contributed by atoms with Crippen LogP contribution in [0.3, 0.4) is 0 Å². The zero-order valence-corrected chi connectivity index (χ0v) is 20.9. The lowest BCUT2D eigenvalue weighted by Gasteiger charge is -2.17. The molecule has 2 aromatic carbocycles. The molecule has 0 fully saturated rings. The van der Waals surface area contributed by atoms with Gasteiger partial charge in [-0.2, -0.15) is 0 Å². The molecule has 152 valence electrons. The summed E-state index contributed by atoms with van der Waals surface area (Å²) in [5.41, 5.74) is 0. The third-order valence-electron chi connectivity index (χ3n) is 4.16. The highest BCUT2D eigenvalue weighted by molar-refractivity contribution is 8.45. The molecular formula is C18H8O4S8. The van der Waals surface area contributed by atoms with Crippen molar-refractivity contribution < 1.29 is 20.4 Å². The average Bonchev–Trinajstić information content (AvgIpc) is 3.34. The van der Waals surface area contributed by atoms with Gasteiger partial charge >= 0.3 is 0 Å². The molecule has 0 spiro atoms. The normalized spacial score (nSPS) is 19.7. The van der Waals surface area contributed by atoms with Crippen molar-refractivity contribution in [1.82, 2.24) is 0 Å². The van der Waals surface area contributed by atoms with E-state index in [0.29, 0.717) is 19.6 Å². The van der Waals surface area contributed by atoms with Gasteiger partial charge in [0.2, 0.25) is 0 Å². The van der Waals surface area contributed by atoms with Crippen LogP contribution in [0, 0.1) is 0 Å². The molecule has 0 aliphatic carbocycles. The summed E-state index contributed by atoms with van der Waals surface area (Å²) in [5, 5.41) is 40.8. The van der Waals surface area contributed by atoms with Crippen molar-refractivity contribution in [1.29, 1.82) is 0 Å². The topological polar surface area (TPSA) is 80.9 Å². The second-order valence-electron chi connectivity index (χ2n) is 6.07. The molecule has 0 aromatic heterocycles. The van der Waals surface area contributed by atoms with Gasteiger partial charge in [-0.15, -0.1) is 0 Å². The second kappa shape index (κ2) is 7.62. The van der Waals surface area contributed by atoms with Crippen LogP contribution in [0.15, 0.2) is 69.3 Å². The molecule has 30 heavy (non-hydrogen) atoms. The predicted octanol–water partition coefficient (Wildman–Crippen LogP) is 7.94. The van der Waals surface area contributed by atoms with E-state index in [-0.39, 0.29) is 23.0 Å². The monoisotopic (exact) mass is 544 g/mol. The van der Waals surface area contributed by atoms with Crippen LogP contribution in [-0.4, -0.2) is 20.4 Å². The first kappa shape index (κ1) is 20.3. The minimum atomic E-state index is 0.186. The first-order chi connectivity index (χ1) is 14.5. The third-order valence-corrected chi connectivity index (χ3v) is 16.1. The number of rotatable bonds is 0. The lowest BCUT2D eigenvalue weighted by molar-refractivity contribution is 0.435. The Morgan fingerprint density at radius 1 is 0.333 bits per heavy atom. The lowest BCUT2D eigenvalue weighted by atomic mass is 10.3. The Morgan fingerprint density at radius 3 is 0.767 bits per heavy atom. The molecule has 0 saturated heterocycles. The Balaban J connectivity index is 1.26. The van der Waals surface area contributed by atoms with Crippen LogP contribution in [0.4, 0.5) is 0 Å². The quantitative estimate of drug-likeness (QED) is 0.243. The zero-order valence-electron chi connectivity index (χ0n) is 14.4. The Morgan fingerprint density at radius 2 is 0.533 bits per heavy atom. The van der Waals surface area contributed by atoms with Crippen LogP contribution in [0.5, 0.6) is 23.0 Å². The van der Waals surface area contributed by atoms with E-state index in [1.807, 2.05) is 0 Å². The highest BCUT2D eigenvalue weighted by Gasteiger charge is 2.37. The first-order valence-corrected chi connectivity index (χ1v) is 14.8. The molecular weight excluding hydrogens is 537 g/mol. The number of fused-ring (bicyclic) bond motifs is 2. The number of thioether (sulfide) groups is 8. The highest BCUT2D eigenvalue weighted by atomic mass is 32.3. The van der Waals surface area contributed by atoms with Gasteiger partial charge in [0.05, 0.1) is 45.0 Å². The fourth-order valence-corrected chi connectivity index (χ4v) is 14.8. The summed E-state index contributed by atoms with van der Waals surface area (Å²) in [5.74, 6) is 0.743. The summed E-state index contributed by atoms with van der Waals surface area (Å²) in [6.07, 6.45) is 0.